The van der Waals surface area contributed by atoms with Gasteiger partial charge in [0.25, 0.3) is 0 Å². The fourth-order valence-corrected chi connectivity index (χ4v) is 2.41. The van der Waals surface area contributed by atoms with Gasteiger partial charge in [0.2, 0.25) is 5.91 Å². The Morgan fingerprint density at radius 2 is 1.81 bits per heavy atom. The molecule has 4 heteroatoms. The lowest BCUT2D eigenvalue weighted by Gasteiger charge is -2.32. The lowest BCUT2D eigenvalue weighted by Crippen LogP contribution is -2.47. The minimum atomic E-state index is -0.800. The Morgan fingerprint density at radius 1 is 1.24 bits per heavy atom. The highest BCUT2D eigenvalue weighted by molar-refractivity contribution is 5.95. The number of rotatable bonds is 7. The van der Waals surface area contributed by atoms with E-state index in [1.165, 1.54) is 0 Å². The van der Waals surface area contributed by atoms with Gasteiger partial charge < -0.3 is 10.0 Å². The van der Waals surface area contributed by atoms with E-state index in [1.54, 1.807) is 13.8 Å². The van der Waals surface area contributed by atoms with Crippen LogP contribution in [0.4, 0.5) is 5.69 Å². The molecule has 0 unspecified atom stereocenters. The van der Waals surface area contributed by atoms with Gasteiger partial charge in [-0.3, -0.25) is 9.69 Å². The number of likely N-dealkylation sites (N-methyl/N-ethyl adjacent to an activating group) is 1. The SMILES string of the molecule is CCN(CC(=O)N(c1ccccc1)C(C)C)CC(C)(C)O. The van der Waals surface area contributed by atoms with Crippen LogP contribution in [0.25, 0.3) is 0 Å². The van der Waals surface area contributed by atoms with Crippen LogP contribution in [0.3, 0.4) is 0 Å². The first-order valence-corrected chi connectivity index (χ1v) is 7.56. The van der Waals surface area contributed by atoms with Crippen LogP contribution in [0.5, 0.6) is 0 Å². The van der Waals surface area contributed by atoms with Crippen LogP contribution in [0.15, 0.2) is 30.3 Å². The Bertz CT molecular complexity index is 438. The summed E-state index contributed by atoms with van der Waals surface area (Å²) in [5, 5.41) is 9.93. The first-order valence-electron chi connectivity index (χ1n) is 7.56. The van der Waals surface area contributed by atoms with Gasteiger partial charge in [0, 0.05) is 18.3 Å². The molecule has 4 nitrogen and oxygen atoms in total. The number of aliphatic hydroxyl groups is 1. The molecule has 21 heavy (non-hydrogen) atoms. The minimum Gasteiger partial charge on any atom is -0.389 e. The molecular weight excluding hydrogens is 264 g/mol. The van der Waals surface area contributed by atoms with Crippen molar-refractivity contribution >= 4 is 11.6 Å². The van der Waals surface area contributed by atoms with Gasteiger partial charge in [0.1, 0.15) is 0 Å². The molecule has 0 aromatic heterocycles. The van der Waals surface area contributed by atoms with Crippen molar-refractivity contribution < 1.29 is 9.90 Å². The van der Waals surface area contributed by atoms with E-state index in [0.717, 1.165) is 12.2 Å². The molecule has 0 radical (unpaired) electrons. The Labute approximate surface area is 128 Å². The van der Waals surface area contributed by atoms with Crippen LogP contribution >= 0.6 is 0 Å². The van der Waals surface area contributed by atoms with E-state index in [9.17, 15) is 9.90 Å². The van der Waals surface area contributed by atoms with Crippen LogP contribution in [0.1, 0.15) is 34.6 Å². The van der Waals surface area contributed by atoms with Crippen molar-refractivity contribution in [2.75, 3.05) is 24.5 Å². The van der Waals surface area contributed by atoms with E-state index in [0.29, 0.717) is 13.1 Å². The summed E-state index contributed by atoms with van der Waals surface area (Å²) in [6.07, 6.45) is 0. The Balaban J connectivity index is 2.83. The van der Waals surface area contributed by atoms with Crippen LogP contribution in [-0.2, 0) is 4.79 Å². The van der Waals surface area contributed by atoms with Gasteiger partial charge in [-0.1, -0.05) is 25.1 Å². The topological polar surface area (TPSA) is 43.8 Å². The smallest absolute Gasteiger partial charge is 0.241 e. The molecule has 0 fully saturated rings. The summed E-state index contributed by atoms with van der Waals surface area (Å²) in [5.74, 6) is 0.0577. The zero-order valence-electron chi connectivity index (χ0n) is 13.8. The van der Waals surface area contributed by atoms with Crippen molar-refractivity contribution in [3.8, 4) is 0 Å². The maximum absolute atomic E-state index is 12.6. The lowest BCUT2D eigenvalue weighted by molar-refractivity contribution is -0.120. The third kappa shape index (κ3) is 5.86. The third-order valence-electron chi connectivity index (χ3n) is 3.24. The van der Waals surface area contributed by atoms with Crippen molar-refractivity contribution in [1.82, 2.24) is 4.90 Å². The average Bonchev–Trinajstić information content (AvgIpc) is 2.37. The molecular formula is C17H28N2O2. The summed E-state index contributed by atoms with van der Waals surface area (Å²) in [7, 11) is 0. The highest BCUT2D eigenvalue weighted by atomic mass is 16.3. The number of anilines is 1. The molecule has 1 aromatic carbocycles. The number of amides is 1. The van der Waals surface area contributed by atoms with Crippen molar-refractivity contribution in [2.45, 2.75) is 46.3 Å². The van der Waals surface area contributed by atoms with E-state index in [-0.39, 0.29) is 11.9 Å². The number of benzene rings is 1. The van der Waals surface area contributed by atoms with E-state index < -0.39 is 5.60 Å². The predicted molar refractivity (Wildman–Crippen MR) is 87.5 cm³/mol. The second kappa shape index (κ2) is 7.57. The van der Waals surface area contributed by atoms with Crippen molar-refractivity contribution in [1.29, 1.82) is 0 Å². The van der Waals surface area contributed by atoms with Gasteiger partial charge in [0.15, 0.2) is 0 Å². The van der Waals surface area contributed by atoms with E-state index in [2.05, 4.69) is 0 Å². The molecule has 0 aliphatic rings. The third-order valence-corrected chi connectivity index (χ3v) is 3.24. The van der Waals surface area contributed by atoms with Crippen molar-refractivity contribution in [3.05, 3.63) is 30.3 Å². The first-order chi connectivity index (χ1) is 9.74. The van der Waals surface area contributed by atoms with Crippen LogP contribution in [0.2, 0.25) is 0 Å². The second-order valence-electron chi connectivity index (χ2n) is 6.31. The maximum Gasteiger partial charge on any atom is 0.241 e. The molecule has 0 bridgehead atoms. The predicted octanol–water partition coefficient (Wildman–Crippen LogP) is 2.52. The standard InChI is InChI=1S/C17H28N2O2/c1-6-18(13-17(4,5)21)12-16(20)19(14(2)3)15-10-8-7-9-11-15/h7-11,14,21H,6,12-13H2,1-5H3. The fraction of sp³-hybridized carbons (Fsp3) is 0.588. The Morgan fingerprint density at radius 3 is 2.24 bits per heavy atom. The molecule has 1 aromatic rings. The summed E-state index contributed by atoms with van der Waals surface area (Å²) in [4.78, 5) is 16.4. The van der Waals surface area contributed by atoms with E-state index in [1.807, 2.05) is 60.9 Å². The molecule has 0 saturated carbocycles. The fourth-order valence-electron chi connectivity index (χ4n) is 2.41. The summed E-state index contributed by atoms with van der Waals surface area (Å²) in [6, 6.07) is 9.81. The maximum atomic E-state index is 12.6. The molecule has 1 rings (SSSR count). The minimum absolute atomic E-state index is 0.0577. The van der Waals surface area contributed by atoms with Crippen LogP contribution < -0.4 is 4.90 Å². The molecule has 0 aliphatic carbocycles. The molecule has 0 spiro atoms. The highest BCUT2D eigenvalue weighted by Gasteiger charge is 2.24. The monoisotopic (exact) mass is 292 g/mol. The van der Waals surface area contributed by atoms with Crippen molar-refractivity contribution in [2.24, 2.45) is 0 Å². The van der Waals surface area contributed by atoms with Gasteiger partial charge in [-0.2, -0.15) is 0 Å². The average molecular weight is 292 g/mol. The summed E-state index contributed by atoms with van der Waals surface area (Å²) >= 11 is 0. The first kappa shape index (κ1) is 17.7. The quantitative estimate of drug-likeness (QED) is 0.840. The lowest BCUT2D eigenvalue weighted by atomic mass is 10.1. The molecule has 0 saturated heterocycles. The zero-order chi connectivity index (χ0) is 16.0. The highest BCUT2D eigenvalue weighted by Crippen LogP contribution is 2.17. The molecule has 1 N–H and O–H groups in total. The molecule has 0 atom stereocenters. The Hall–Kier alpha value is -1.39. The zero-order valence-corrected chi connectivity index (χ0v) is 13.8. The normalized spacial score (nSPS) is 12.0. The van der Waals surface area contributed by atoms with Gasteiger partial charge in [-0.05, 0) is 46.4 Å². The molecule has 118 valence electrons. The van der Waals surface area contributed by atoms with Crippen LogP contribution in [-0.4, -0.2) is 47.2 Å². The van der Waals surface area contributed by atoms with Gasteiger partial charge >= 0.3 is 0 Å². The summed E-state index contributed by atoms with van der Waals surface area (Å²) in [6.45, 7) is 11.1. The number of hydrogen-bond acceptors (Lipinski definition) is 3. The van der Waals surface area contributed by atoms with Gasteiger partial charge in [0.05, 0.1) is 12.1 Å². The van der Waals surface area contributed by atoms with E-state index in [4.69, 9.17) is 0 Å². The van der Waals surface area contributed by atoms with E-state index >= 15 is 0 Å². The summed E-state index contributed by atoms with van der Waals surface area (Å²) in [5.41, 5.74) is 0.114. The van der Waals surface area contributed by atoms with Crippen LogP contribution in [0, 0.1) is 0 Å². The number of carbonyl (C=O) groups excluding carboxylic acids is 1. The van der Waals surface area contributed by atoms with Gasteiger partial charge in [-0.15, -0.1) is 0 Å². The molecule has 1 amide bonds. The molecule has 0 aliphatic heterocycles. The number of para-hydroxylation sites is 1. The molecule has 0 heterocycles. The second-order valence-corrected chi connectivity index (χ2v) is 6.31. The largest absolute Gasteiger partial charge is 0.389 e. The van der Waals surface area contributed by atoms with Gasteiger partial charge in [-0.25, -0.2) is 0 Å². The van der Waals surface area contributed by atoms with Crippen molar-refractivity contribution in [3.63, 3.8) is 0 Å². The summed E-state index contributed by atoms with van der Waals surface area (Å²) < 4.78 is 0. The Kier molecular flexibility index (Phi) is 6.37. The number of carbonyl (C=O) groups is 1. The number of hydrogen-bond donors (Lipinski definition) is 1. The number of nitrogens with zero attached hydrogens (tertiary/aromatic N) is 2.